The van der Waals surface area contributed by atoms with Crippen LogP contribution in [0.2, 0.25) is 0 Å². The quantitative estimate of drug-likeness (QED) is 0.685. The molecule has 0 saturated carbocycles. The third-order valence-corrected chi connectivity index (χ3v) is 1.76. The highest BCUT2D eigenvalue weighted by molar-refractivity contribution is 5.02. The fourth-order valence-corrected chi connectivity index (χ4v) is 1.18. The number of hydrogen-bond acceptors (Lipinski definition) is 4. The standard InChI is InChI=1S/C9H15N3O2/c1-14-6-8-11-7(3-2-4-10)5-9(13)12-8/h5H,2-4,6,10H2,1H3,(H,11,12,13). The van der Waals surface area contributed by atoms with Crippen molar-refractivity contribution in [1.29, 1.82) is 0 Å². The maximum absolute atomic E-state index is 11.2. The van der Waals surface area contributed by atoms with Gasteiger partial charge in [-0.3, -0.25) is 4.79 Å². The molecule has 0 atom stereocenters. The summed E-state index contributed by atoms with van der Waals surface area (Å²) in [4.78, 5) is 18.0. The van der Waals surface area contributed by atoms with Crippen LogP contribution in [-0.2, 0) is 17.8 Å². The minimum absolute atomic E-state index is 0.140. The summed E-state index contributed by atoms with van der Waals surface area (Å²) >= 11 is 0. The van der Waals surface area contributed by atoms with Crippen LogP contribution in [0.3, 0.4) is 0 Å². The molecule has 5 heteroatoms. The molecule has 0 bridgehead atoms. The molecule has 0 saturated heterocycles. The van der Waals surface area contributed by atoms with E-state index in [1.54, 1.807) is 7.11 Å². The van der Waals surface area contributed by atoms with Crippen molar-refractivity contribution in [2.45, 2.75) is 19.4 Å². The van der Waals surface area contributed by atoms with Gasteiger partial charge >= 0.3 is 0 Å². The van der Waals surface area contributed by atoms with Crippen LogP contribution >= 0.6 is 0 Å². The molecule has 0 fully saturated rings. The van der Waals surface area contributed by atoms with E-state index in [9.17, 15) is 4.79 Å². The summed E-state index contributed by atoms with van der Waals surface area (Å²) in [7, 11) is 1.56. The van der Waals surface area contributed by atoms with E-state index in [4.69, 9.17) is 10.5 Å². The number of nitrogens with zero attached hydrogens (tertiary/aromatic N) is 1. The average Bonchev–Trinajstić information content (AvgIpc) is 2.14. The lowest BCUT2D eigenvalue weighted by Gasteiger charge is -2.02. The molecule has 1 aromatic heterocycles. The van der Waals surface area contributed by atoms with Crippen LogP contribution < -0.4 is 11.3 Å². The summed E-state index contributed by atoms with van der Waals surface area (Å²) < 4.78 is 4.89. The number of rotatable bonds is 5. The minimum Gasteiger partial charge on any atom is -0.377 e. The molecule has 0 radical (unpaired) electrons. The molecule has 0 spiro atoms. The van der Waals surface area contributed by atoms with Gasteiger partial charge in [-0.15, -0.1) is 0 Å². The van der Waals surface area contributed by atoms with Gasteiger partial charge in [-0.2, -0.15) is 0 Å². The zero-order valence-electron chi connectivity index (χ0n) is 8.25. The van der Waals surface area contributed by atoms with E-state index in [0.29, 0.717) is 19.0 Å². The second kappa shape index (κ2) is 5.51. The lowest BCUT2D eigenvalue weighted by atomic mass is 10.2. The highest BCUT2D eigenvalue weighted by Crippen LogP contribution is 1.97. The van der Waals surface area contributed by atoms with Gasteiger partial charge in [-0.25, -0.2) is 4.98 Å². The molecule has 0 amide bonds. The molecule has 5 nitrogen and oxygen atoms in total. The largest absolute Gasteiger partial charge is 0.377 e. The van der Waals surface area contributed by atoms with Crippen molar-refractivity contribution in [3.63, 3.8) is 0 Å². The van der Waals surface area contributed by atoms with Crippen molar-refractivity contribution in [3.05, 3.63) is 27.9 Å². The summed E-state index contributed by atoms with van der Waals surface area (Å²) in [6, 6.07) is 1.49. The number of methoxy groups -OCH3 is 1. The summed E-state index contributed by atoms with van der Waals surface area (Å²) in [6.45, 7) is 0.930. The second-order valence-corrected chi connectivity index (χ2v) is 3.01. The average molecular weight is 197 g/mol. The summed E-state index contributed by atoms with van der Waals surface area (Å²) in [5.74, 6) is 0.562. The van der Waals surface area contributed by atoms with Gasteiger partial charge < -0.3 is 15.5 Å². The molecule has 0 aromatic carbocycles. The van der Waals surface area contributed by atoms with Crippen molar-refractivity contribution in [3.8, 4) is 0 Å². The Morgan fingerprint density at radius 3 is 3.07 bits per heavy atom. The van der Waals surface area contributed by atoms with Gasteiger partial charge in [0.25, 0.3) is 5.56 Å². The van der Waals surface area contributed by atoms with Gasteiger partial charge in [0, 0.05) is 18.9 Å². The Bertz CT molecular complexity index is 335. The molecular weight excluding hydrogens is 182 g/mol. The molecular formula is C9H15N3O2. The van der Waals surface area contributed by atoms with Gasteiger partial charge in [-0.05, 0) is 19.4 Å². The van der Waals surface area contributed by atoms with E-state index in [1.165, 1.54) is 6.07 Å². The van der Waals surface area contributed by atoms with Gasteiger partial charge in [0.1, 0.15) is 12.4 Å². The van der Waals surface area contributed by atoms with E-state index < -0.39 is 0 Å². The van der Waals surface area contributed by atoms with E-state index >= 15 is 0 Å². The third kappa shape index (κ3) is 3.27. The number of hydrogen-bond donors (Lipinski definition) is 2. The van der Waals surface area contributed by atoms with Gasteiger partial charge in [0.05, 0.1) is 0 Å². The van der Waals surface area contributed by atoms with Crippen LogP contribution in [0.1, 0.15) is 17.9 Å². The molecule has 0 unspecified atom stereocenters. The van der Waals surface area contributed by atoms with Crippen LogP contribution in [-0.4, -0.2) is 23.6 Å². The van der Waals surface area contributed by atoms with Crippen molar-refractivity contribution in [1.82, 2.24) is 9.97 Å². The van der Waals surface area contributed by atoms with E-state index in [2.05, 4.69) is 9.97 Å². The Morgan fingerprint density at radius 1 is 1.64 bits per heavy atom. The molecule has 1 heterocycles. The molecule has 1 aromatic rings. The Kier molecular flexibility index (Phi) is 4.28. The summed E-state index contributed by atoms with van der Waals surface area (Å²) in [5.41, 5.74) is 6.00. The van der Waals surface area contributed by atoms with Gasteiger partial charge in [0.15, 0.2) is 0 Å². The van der Waals surface area contributed by atoms with Crippen molar-refractivity contribution in [2.24, 2.45) is 5.73 Å². The number of aryl methyl sites for hydroxylation is 1. The van der Waals surface area contributed by atoms with Crippen molar-refractivity contribution in [2.75, 3.05) is 13.7 Å². The lowest BCUT2D eigenvalue weighted by molar-refractivity contribution is 0.177. The fourth-order valence-electron chi connectivity index (χ4n) is 1.18. The topological polar surface area (TPSA) is 81.0 Å². The van der Waals surface area contributed by atoms with Crippen LogP contribution in [0, 0.1) is 0 Å². The predicted octanol–water partition coefficient (Wildman–Crippen LogP) is -0.192. The van der Waals surface area contributed by atoms with E-state index in [0.717, 1.165) is 18.5 Å². The number of aromatic nitrogens is 2. The fraction of sp³-hybridized carbons (Fsp3) is 0.556. The molecule has 0 aliphatic carbocycles. The summed E-state index contributed by atoms with van der Waals surface area (Å²) in [6.07, 6.45) is 1.57. The first kappa shape index (κ1) is 10.9. The molecule has 78 valence electrons. The van der Waals surface area contributed by atoms with Gasteiger partial charge in [0.2, 0.25) is 0 Å². The van der Waals surface area contributed by atoms with Gasteiger partial charge in [-0.1, -0.05) is 0 Å². The Morgan fingerprint density at radius 2 is 2.43 bits per heavy atom. The molecule has 0 aliphatic heterocycles. The van der Waals surface area contributed by atoms with Crippen LogP contribution in [0.5, 0.6) is 0 Å². The first-order valence-corrected chi connectivity index (χ1v) is 4.54. The highest BCUT2D eigenvalue weighted by Gasteiger charge is 2.00. The molecule has 1 rings (SSSR count). The molecule has 3 N–H and O–H groups in total. The zero-order valence-corrected chi connectivity index (χ0v) is 8.25. The first-order valence-electron chi connectivity index (χ1n) is 4.54. The normalized spacial score (nSPS) is 10.4. The van der Waals surface area contributed by atoms with Crippen LogP contribution in [0.4, 0.5) is 0 Å². The third-order valence-electron chi connectivity index (χ3n) is 1.76. The molecule has 14 heavy (non-hydrogen) atoms. The number of nitrogens with one attached hydrogen (secondary N) is 1. The van der Waals surface area contributed by atoms with Crippen LogP contribution in [0.15, 0.2) is 10.9 Å². The Balaban J connectivity index is 2.78. The first-order chi connectivity index (χ1) is 6.76. The number of ether oxygens (including phenoxy) is 1. The smallest absolute Gasteiger partial charge is 0.251 e. The number of nitrogens with two attached hydrogens (primary N) is 1. The number of aromatic amines is 1. The van der Waals surface area contributed by atoms with Crippen molar-refractivity contribution >= 4 is 0 Å². The van der Waals surface area contributed by atoms with E-state index in [1.807, 2.05) is 0 Å². The second-order valence-electron chi connectivity index (χ2n) is 3.01. The van der Waals surface area contributed by atoms with E-state index in [-0.39, 0.29) is 5.56 Å². The Labute approximate surface area is 82.3 Å². The SMILES string of the molecule is COCc1nc(CCCN)cc(=O)[nH]1. The minimum atomic E-state index is -0.140. The zero-order chi connectivity index (χ0) is 10.4. The highest BCUT2D eigenvalue weighted by atomic mass is 16.5. The lowest BCUT2D eigenvalue weighted by Crippen LogP contribution is -2.14. The summed E-state index contributed by atoms with van der Waals surface area (Å²) in [5, 5.41) is 0. The monoisotopic (exact) mass is 197 g/mol. The maximum Gasteiger partial charge on any atom is 0.251 e. The van der Waals surface area contributed by atoms with Crippen LogP contribution in [0.25, 0.3) is 0 Å². The Hall–Kier alpha value is -1.20. The predicted molar refractivity (Wildman–Crippen MR) is 52.9 cm³/mol. The molecule has 0 aliphatic rings. The maximum atomic E-state index is 11.2. The number of H-pyrrole nitrogens is 1. The van der Waals surface area contributed by atoms with Crippen molar-refractivity contribution < 1.29 is 4.74 Å².